The third kappa shape index (κ3) is 7.04. The van der Waals surface area contributed by atoms with E-state index in [1.165, 1.54) is 29.2 Å². The van der Waals surface area contributed by atoms with Crippen molar-refractivity contribution in [2.24, 2.45) is 4.99 Å². The second-order valence-corrected chi connectivity index (χ2v) is 11.5. The van der Waals surface area contributed by atoms with E-state index in [-0.39, 0.29) is 22.8 Å². The zero-order valence-electron chi connectivity index (χ0n) is 26.2. The Labute approximate surface area is 280 Å². The SMILES string of the molecule is CCOc1ccc([C@H]2C(C(=O)OC)=CN=c3s/c(=C\c4cc(Cl)c(OCc5ccccc5C#N)c(OCC)c4)c(=O)n32)cc1OCC. The van der Waals surface area contributed by atoms with Gasteiger partial charge in [-0.15, -0.1) is 0 Å². The van der Waals surface area contributed by atoms with Crippen LogP contribution in [0.3, 0.4) is 0 Å². The lowest BCUT2D eigenvalue weighted by molar-refractivity contribution is -0.136. The predicted octanol–water partition coefficient (Wildman–Crippen LogP) is 5.32. The third-order valence-corrected chi connectivity index (χ3v) is 8.43. The number of esters is 1. The number of nitrogens with zero attached hydrogens (tertiary/aromatic N) is 3. The van der Waals surface area contributed by atoms with Crippen LogP contribution in [0.2, 0.25) is 5.02 Å². The van der Waals surface area contributed by atoms with E-state index in [0.29, 0.717) is 74.4 Å². The van der Waals surface area contributed by atoms with Crippen LogP contribution in [0.15, 0.2) is 76.2 Å². The first-order valence-corrected chi connectivity index (χ1v) is 16.1. The molecule has 0 radical (unpaired) electrons. The number of ether oxygens (including phenoxy) is 5. The third-order valence-electron chi connectivity index (χ3n) is 7.15. The van der Waals surface area contributed by atoms with Crippen LogP contribution in [0.4, 0.5) is 0 Å². The maximum Gasteiger partial charge on any atom is 0.337 e. The van der Waals surface area contributed by atoms with E-state index in [4.69, 9.17) is 35.3 Å². The highest BCUT2D eigenvalue weighted by Crippen LogP contribution is 2.38. The Hall–Kier alpha value is -5.05. The van der Waals surface area contributed by atoms with Crippen molar-refractivity contribution < 1.29 is 28.5 Å². The van der Waals surface area contributed by atoms with Gasteiger partial charge >= 0.3 is 5.97 Å². The number of rotatable bonds is 12. The molecule has 1 aromatic heterocycles. The fourth-order valence-corrected chi connectivity index (χ4v) is 6.36. The average molecular weight is 674 g/mol. The quantitative estimate of drug-likeness (QED) is 0.185. The maximum absolute atomic E-state index is 14.1. The zero-order chi connectivity index (χ0) is 33.5. The summed E-state index contributed by atoms with van der Waals surface area (Å²) in [5.41, 5.74) is 2.26. The van der Waals surface area contributed by atoms with Crippen LogP contribution in [0.5, 0.6) is 23.0 Å². The van der Waals surface area contributed by atoms with Gasteiger partial charge in [-0.3, -0.25) is 9.36 Å². The van der Waals surface area contributed by atoms with Crippen molar-refractivity contribution in [3.63, 3.8) is 0 Å². The van der Waals surface area contributed by atoms with E-state index in [2.05, 4.69) is 11.1 Å². The summed E-state index contributed by atoms with van der Waals surface area (Å²) in [6.45, 7) is 6.87. The van der Waals surface area contributed by atoms with E-state index in [9.17, 15) is 14.9 Å². The standard InChI is InChI=1S/C35H32ClN3O7S/c1-5-43-27-13-12-22(17-28(27)44-6-2)31-25(34(41)42-4)19-38-35-39(31)33(40)30(47-35)16-21-14-26(36)32(29(15-21)45-7-3)46-20-24-11-9-8-10-23(24)18-37/h8-17,19,31H,5-7,20H2,1-4H3/b30-16-/t31-/m0/s1. The molecule has 3 aromatic carbocycles. The largest absolute Gasteiger partial charge is 0.490 e. The van der Waals surface area contributed by atoms with Crippen molar-refractivity contribution in [1.82, 2.24) is 4.57 Å². The monoisotopic (exact) mass is 673 g/mol. The Morgan fingerprint density at radius 3 is 2.45 bits per heavy atom. The van der Waals surface area contributed by atoms with Gasteiger partial charge in [-0.25, -0.2) is 9.79 Å². The number of hydrogen-bond acceptors (Lipinski definition) is 10. The number of carbonyl (C=O) groups excluding carboxylic acids is 1. The summed E-state index contributed by atoms with van der Waals surface area (Å²) in [6, 6.07) is 17.2. The molecule has 1 atom stereocenters. The van der Waals surface area contributed by atoms with Gasteiger partial charge in [0.25, 0.3) is 5.56 Å². The first-order chi connectivity index (χ1) is 22.8. The first kappa shape index (κ1) is 33.3. The lowest BCUT2D eigenvalue weighted by Crippen LogP contribution is -2.39. The lowest BCUT2D eigenvalue weighted by Gasteiger charge is -2.23. The number of nitriles is 1. The number of aromatic nitrogens is 1. The fourth-order valence-electron chi connectivity index (χ4n) is 5.12. The topological polar surface area (TPSA) is 121 Å². The van der Waals surface area contributed by atoms with E-state index < -0.39 is 12.0 Å². The Bertz CT molecular complexity index is 2060. The van der Waals surface area contributed by atoms with Gasteiger partial charge in [0, 0.05) is 11.8 Å². The minimum atomic E-state index is -0.828. The molecule has 0 saturated carbocycles. The number of methoxy groups -OCH3 is 1. The molecule has 47 heavy (non-hydrogen) atoms. The molecule has 0 unspecified atom stereocenters. The molecular formula is C35H32ClN3O7S. The molecule has 10 nitrogen and oxygen atoms in total. The van der Waals surface area contributed by atoms with Crippen molar-refractivity contribution in [1.29, 1.82) is 5.26 Å². The second kappa shape index (κ2) is 15.0. The van der Waals surface area contributed by atoms with Crippen LogP contribution < -0.4 is 33.8 Å². The molecule has 0 saturated heterocycles. The number of halogens is 1. The average Bonchev–Trinajstić information content (AvgIpc) is 3.39. The molecule has 1 aliphatic heterocycles. The van der Waals surface area contributed by atoms with Gasteiger partial charge in [0.15, 0.2) is 27.8 Å². The maximum atomic E-state index is 14.1. The minimum absolute atomic E-state index is 0.112. The van der Waals surface area contributed by atoms with E-state index in [1.54, 1.807) is 48.5 Å². The highest BCUT2D eigenvalue weighted by molar-refractivity contribution is 7.07. The molecular weight excluding hydrogens is 642 g/mol. The predicted molar refractivity (Wildman–Crippen MR) is 178 cm³/mol. The molecule has 0 aliphatic carbocycles. The number of fused-ring (bicyclic) bond motifs is 1. The van der Waals surface area contributed by atoms with Crippen LogP contribution in [-0.4, -0.2) is 37.5 Å². The summed E-state index contributed by atoms with van der Waals surface area (Å²) in [5.74, 6) is 1.14. The van der Waals surface area contributed by atoms with Gasteiger partial charge in [0.2, 0.25) is 0 Å². The normalized spacial score (nSPS) is 13.9. The number of hydrogen-bond donors (Lipinski definition) is 0. The molecule has 12 heteroatoms. The molecule has 2 heterocycles. The van der Waals surface area contributed by atoms with Crippen molar-refractivity contribution >= 4 is 35.0 Å². The van der Waals surface area contributed by atoms with Crippen LogP contribution in [0.1, 0.15) is 49.1 Å². The fraction of sp³-hybridized carbons (Fsp3) is 0.257. The highest BCUT2D eigenvalue weighted by Gasteiger charge is 2.31. The molecule has 0 N–H and O–H groups in total. The highest BCUT2D eigenvalue weighted by atomic mass is 35.5. The summed E-state index contributed by atoms with van der Waals surface area (Å²) < 4.78 is 30.3. The van der Waals surface area contributed by atoms with Gasteiger partial charge < -0.3 is 23.7 Å². The Morgan fingerprint density at radius 1 is 1.00 bits per heavy atom. The smallest absolute Gasteiger partial charge is 0.337 e. The Morgan fingerprint density at radius 2 is 1.72 bits per heavy atom. The summed E-state index contributed by atoms with van der Waals surface area (Å²) in [7, 11) is 1.28. The van der Waals surface area contributed by atoms with Gasteiger partial charge in [-0.2, -0.15) is 5.26 Å². The second-order valence-electron chi connectivity index (χ2n) is 10.1. The molecule has 0 fully saturated rings. The van der Waals surface area contributed by atoms with Gasteiger partial charge in [0.1, 0.15) is 6.61 Å². The van der Waals surface area contributed by atoms with Gasteiger partial charge in [-0.05, 0) is 68.3 Å². The minimum Gasteiger partial charge on any atom is -0.490 e. The number of thiazole rings is 1. The molecule has 0 amide bonds. The summed E-state index contributed by atoms with van der Waals surface area (Å²) in [5, 5.41) is 9.71. The molecule has 0 spiro atoms. The van der Waals surface area contributed by atoms with Crippen molar-refractivity contribution in [2.45, 2.75) is 33.4 Å². The van der Waals surface area contributed by atoms with Gasteiger partial charge in [-0.1, -0.05) is 47.2 Å². The first-order valence-electron chi connectivity index (χ1n) is 14.9. The van der Waals surface area contributed by atoms with Crippen LogP contribution in [-0.2, 0) is 16.1 Å². The molecule has 242 valence electrons. The van der Waals surface area contributed by atoms with E-state index >= 15 is 0 Å². The zero-order valence-corrected chi connectivity index (χ0v) is 27.8. The van der Waals surface area contributed by atoms with Crippen molar-refractivity contribution in [3.05, 3.63) is 113 Å². The number of carbonyl (C=O) groups is 1. The molecule has 4 aromatic rings. The summed E-state index contributed by atoms with van der Waals surface area (Å²) >= 11 is 7.87. The molecule has 5 rings (SSSR count). The Balaban J connectivity index is 1.58. The van der Waals surface area contributed by atoms with Crippen molar-refractivity contribution in [2.75, 3.05) is 26.9 Å². The number of benzene rings is 3. The van der Waals surface area contributed by atoms with Crippen LogP contribution >= 0.6 is 22.9 Å². The summed E-state index contributed by atoms with van der Waals surface area (Å²) in [4.78, 5) is 31.8. The van der Waals surface area contributed by atoms with E-state index in [0.717, 1.165) is 0 Å². The van der Waals surface area contributed by atoms with E-state index in [1.807, 2.05) is 32.9 Å². The van der Waals surface area contributed by atoms with Crippen LogP contribution in [0.25, 0.3) is 6.08 Å². The molecule has 0 bridgehead atoms. The molecule has 1 aliphatic rings. The Kier molecular flexibility index (Phi) is 10.7. The lowest BCUT2D eigenvalue weighted by atomic mass is 9.97. The van der Waals surface area contributed by atoms with Gasteiger partial charge in [0.05, 0.1) is 59.7 Å². The van der Waals surface area contributed by atoms with Crippen molar-refractivity contribution in [3.8, 4) is 29.1 Å². The van der Waals surface area contributed by atoms with Crippen LogP contribution in [0, 0.1) is 11.3 Å². The summed E-state index contributed by atoms with van der Waals surface area (Å²) in [6.07, 6.45) is 3.12.